The van der Waals surface area contributed by atoms with Crippen molar-refractivity contribution >= 4 is 11.9 Å². The molecule has 0 spiro atoms. The maximum absolute atomic E-state index is 12.9. The summed E-state index contributed by atoms with van der Waals surface area (Å²) in [4.78, 5) is 17.4. The molecule has 0 aromatic heterocycles. The highest BCUT2D eigenvalue weighted by Crippen LogP contribution is 2.41. The van der Waals surface area contributed by atoms with E-state index in [-0.39, 0.29) is 24.1 Å². The Morgan fingerprint density at radius 3 is 2.69 bits per heavy atom. The number of benzene rings is 2. The smallest absolute Gasteiger partial charge is 0.231 e. The first kappa shape index (κ1) is 18.0. The largest absolute Gasteiger partial charge is 0.507 e. The number of phenolic OH excluding ortho intramolecular Hbond substituents is 1. The number of aromatic hydroxyl groups is 1. The minimum atomic E-state index is -0.183. The average Bonchev–Trinajstić information content (AvgIpc) is 3.30. The third-order valence-corrected chi connectivity index (χ3v) is 5.59. The van der Waals surface area contributed by atoms with Crippen molar-refractivity contribution in [2.24, 2.45) is 0 Å². The Hall–Kier alpha value is -3.03. The molecule has 150 valence electrons. The molecule has 0 bridgehead atoms. The molecule has 0 atom stereocenters. The lowest BCUT2D eigenvalue weighted by Crippen LogP contribution is -2.43. The lowest BCUT2D eigenvalue weighted by molar-refractivity contribution is 0.101. The highest BCUT2D eigenvalue weighted by molar-refractivity contribution is 6.15. The summed E-state index contributed by atoms with van der Waals surface area (Å²) >= 11 is 0. The number of ether oxygens (including phenoxy) is 3. The van der Waals surface area contributed by atoms with Crippen molar-refractivity contribution in [3.63, 3.8) is 0 Å². The van der Waals surface area contributed by atoms with Gasteiger partial charge >= 0.3 is 0 Å². The normalized spacial score (nSPS) is 20.2. The first-order valence-electron chi connectivity index (χ1n) is 9.68. The molecule has 0 radical (unpaired) electrons. The molecule has 29 heavy (non-hydrogen) atoms. The molecule has 1 N–H and O–H groups in total. The molecule has 1 saturated heterocycles. The van der Waals surface area contributed by atoms with Crippen LogP contribution in [0.3, 0.4) is 0 Å². The number of ketones is 1. The van der Waals surface area contributed by atoms with E-state index in [9.17, 15) is 9.90 Å². The summed E-state index contributed by atoms with van der Waals surface area (Å²) in [6, 6.07) is 8.68. The number of hydrogen-bond acceptors (Lipinski definition) is 7. The zero-order valence-corrected chi connectivity index (χ0v) is 16.2. The number of rotatable bonds is 3. The van der Waals surface area contributed by atoms with Gasteiger partial charge in [0, 0.05) is 32.7 Å². The maximum atomic E-state index is 12.9. The number of fused-ring (bicyclic) bond motifs is 2. The molecule has 7 nitrogen and oxygen atoms in total. The van der Waals surface area contributed by atoms with E-state index in [0.717, 1.165) is 31.7 Å². The minimum absolute atomic E-state index is 0.153. The van der Waals surface area contributed by atoms with Crippen molar-refractivity contribution in [3.05, 3.63) is 52.8 Å². The van der Waals surface area contributed by atoms with E-state index in [1.54, 1.807) is 18.2 Å². The third kappa shape index (κ3) is 3.32. The predicted octanol–water partition coefficient (Wildman–Crippen LogP) is 2.48. The molecule has 3 heterocycles. The van der Waals surface area contributed by atoms with Crippen LogP contribution in [0, 0.1) is 0 Å². The van der Waals surface area contributed by atoms with Crippen LogP contribution in [-0.2, 0) is 6.54 Å². The second kappa shape index (κ2) is 7.09. The number of piperazine rings is 1. The number of likely N-dealkylation sites (N-methyl/N-ethyl adjacent to an activating group) is 1. The van der Waals surface area contributed by atoms with Crippen molar-refractivity contribution in [2.45, 2.75) is 6.54 Å². The summed E-state index contributed by atoms with van der Waals surface area (Å²) in [6.07, 6.45) is 1.70. The number of carbonyl (C=O) groups excluding carboxylic acids is 1. The Labute approximate surface area is 168 Å². The van der Waals surface area contributed by atoms with Crippen molar-refractivity contribution < 1.29 is 24.1 Å². The van der Waals surface area contributed by atoms with Crippen LogP contribution in [-0.4, -0.2) is 60.7 Å². The van der Waals surface area contributed by atoms with E-state index in [1.807, 2.05) is 18.2 Å². The molecule has 0 amide bonds. The molecule has 3 aliphatic rings. The standard InChI is InChI=1S/C22H22N2O5/c1-23-6-8-24(9-7-23)12-16-17(25)4-3-15-21(26)20(29-22(15)16)11-14-2-5-18-19(10-14)28-13-27-18/h2-5,10-11,25H,6-9,12-13H2,1H3. The zero-order valence-electron chi connectivity index (χ0n) is 16.2. The lowest BCUT2D eigenvalue weighted by Gasteiger charge is -2.32. The van der Waals surface area contributed by atoms with Crippen LogP contribution in [0.15, 0.2) is 36.1 Å². The summed E-state index contributed by atoms with van der Waals surface area (Å²) in [5, 5.41) is 10.4. The van der Waals surface area contributed by atoms with Crippen LogP contribution in [0.5, 0.6) is 23.0 Å². The Morgan fingerprint density at radius 2 is 1.86 bits per heavy atom. The molecular weight excluding hydrogens is 372 g/mol. The topological polar surface area (TPSA) is 71.5 Å². The number of allylic oxidation sites excluding steroid dienone is 1. The number of nitrogens with zero attached hydrogens (tertiary/aromatic N) is 2. The molecule has 0 unspecified atom stereocenters. The fourth-order valence-corrected chi connectivity index (χ4v) is 3.83. The van der Waals surface area contributed by atoms with E-state index in [4.69, 9.17) is 14.2 Å². The Morgan fingerprint density at radius 1 is 1.07 bits per heavy atom. The minimum Gasteiger partial charge on any atom is -0.507 e. The van der Waals surface area contributed by atoms with E-state index < -0.39 is 0 Å². The fourth-order valence-electron chi connectivity index (χ4n) is 3.83. The van der Waals surface area contributed by atoms with Gasteiger partial charge in [-0.25, -0.2) is 0 Å². The molecule has 0 saturated carbocycles. The molecule has 5 rings (SSSR count). The van der Waals surface area contributed by atoms with Crippen molar-refractivity contribution in [3.8, 4) is 23.0 Å². The third-order valence-electron chi connectivity index (χ3n) is 5.59. The highest BCUT2D eigenvalue weighted by atomic mass is 16.7. The van der Waals surface area contributed by atoms with Gasteiger partial charge in [-0.1, -0.05) is 6.07 Å². The van der Waals surface area contributed by atoms with Crippen LogP contribution in [0.2, 0.25) is 0 Å². The predicted molar refractivity (Wildman–Crippen MR) is 106 cm³/mol. The first-order chi connectivity index (χ1) is 14.1. The van der Waals surface area contributed by atoms with Gasteiger partial charge in [-0.15, -0.1) is 0 Å². The Balaban J connectivity index is 1.43. The van der Waals surface area contributed by atoms with E-state index >= 15 is 0 Å². The molecule has 2 aromatic rings. The summed E-state index contributed by atoms with van der Waals surface area (Å²) in [5.41, 5.74) is 1.93. The van der Waals surface area contributed by atoms with Gasteiger partial charge in [0.25, 0.3) is 0 Å². The summed E-state index contributed by atoms with van der Waals surface area (Å²) in [7, 11) is 2.10. The molecular formula is C22H22N2O5. The molecule has 1 fully saturated rings. The fraction of sp³-hybridized carbons (Fsp3) is 0.318. The van der Waals surface area contributed by atoms with E-state index in [1.165, 1.54) is 0 Å². The maximum Gasteiger partial charge on any atom is 0.231 e. The molecule has 0 aliphatic carbocycles. The Bertz CT molecular complexity index is 1010. The second-order valence-electron chi connectivity index (χ2n) is 7.57. The van der Waals surface area contributed by atoms with Gasteiger partial charge in [0.1, 0.15) is 11.5 Å². The summed E-state index contributed by atoms with van der Waals surface area (Å²) in [5.74, 6) is 2.01. The van der Waals surface area contributed by atoms with Crippen molar-refractivity contribution in [1.29, 1.82) is 0 Å². The molecule has 2 aromatic carbocycles. The van der Waals surface area contributed by atoms with Gasteiger partial charge in [-0.05, 0) is 43.0 Å². The Kier molecular flexibility index (Phi) is 4.41. The van der Waals surface area contributed by atoms with Gasteiger partial charge in [0.05, 0.1) is 11.1 Å². The van der Waals surface area contributed by atoms with Gasteiger partial charge in [-0.2, -0.15) is 0 Å². The average molecular weight is 394 g/mol. The quantitative estimate of drug-likeness (QED) is 0.802. The van der Waals surface area contributed by atoms with Gasteiger partial charge in [0.15, 0.2) is 17.3 Å². The van der Waals surface area contributed by atoms with E-state index in [2.05, 4.69) is 16.8 Å². The lowest BCUT2D eigenvalue weighted by atomic mass is 10.0. The monoisotopic (exact) mass is 394 g/mol. The number of carbonyl (C=O) groups is 1. The van der Waals surface area contributed by atoms with Crippen LogP contribution < -0.4 is 14.2 Å². The highest BCUT2D eigenvalue weighted by Gasteiger charge is 2.32. The SMILES string of the molecule is CN1CCN(Cc2c(O)ccc3c2OC(=Cc2ccc4c(c2)OCO4)C3=O)CC1. The number of phenols is 1. The van der Waals surface area contributed by atoms with Crippen LogP contribution in [0.25, 0.3) is 6.08 Å². The second-order valence-corrected chi connectivity index (χ2v) is 7.57. The van der Waals surface area contributed by atoms with Crippen LogP contribution in [0.1, 0.15) is 21.5 Å². The van der Waals surface area contributed by atoms with Gasteiger partial charge < -0.3 is 24.2 Å². The summed E-state index contributed by atoms with van der Waals surface area (Å²) < 4.78 is 16.7. The van der Waals surface area contributed by atoms with Crippen molar-refractivity contribution in [1.82, 2.24) is 9.80 Å². The first-order valence-corrected chi connectivity index (χ1v) is 9.68. The van der Waals surface area contributed by atoms with Crippen LogP contribution >= 0.6 is 0 Å². The zero-order chi connectivity index (χ0) is 20.0. The van der Waals surface area contributed by atoms with Gasteiger partial charge in [0.2, 0.25) is 12.6 Å². The summed E-state index contributed by atoms with van der Waals surface area (Å²) in [6.45, 7) is 4.52. The number of Topliss-reactive ketones (excluding diaryl/α,β-unsaturated/α-hetero) is 1. The van der Waals surface area contributed by atoms with E-state index in [0.29, 0.717) is 34.9 Å². The van der Waals surface area contributed by atoms with Gasteiger partial charge in [-0.3, -0.25) is 9.69 Å². The van der Waals surface area contributed by atoms with Crippen molar-refractivity contribution in [2.75, 3.05) is 40.0 Å². The molecule has 7 heteroatoms. The van der Waals surface area contributed by atoms with Crippen LogP contribution in [0.4, 0.5) is 0 Å². The number of hydrogen-bond donors (Lipinski definition) is 1. The molecule has 3 aliphatic heterocycles.